The van der Waals surface area contributed by atoms with Crippen LogP contribution in [0.15, 0.2) is 42.5 Å². The molecule has 0 amide bonds. The molecule has 0 aliphatic carbocycles. The number of fused-ring (bicyclic) bond motifs is 3. The van der Waals surface area contributed by atoms with Crippen molar-refractivity contribution >= 4 is 5.69 Å². The molecule has 2 nitrogen and oxygen atoms in total. The zero-order chi connectivity index (χ0) is 17.4. The lowest BCUT2D eigenvalue weighted by Gasteiger charge is -2.43. The second kappa shape index (κ2) is 6.80. The van der Waals surface area contributed by atoms with Crippen LogP contribution in [0.4, 0.5) is 10.1 Å². The third-order valence-corrected chi connectivity index (χ3v) is 5.91. The highest BCUT2D eigenvalue weighted by Gasteiger charge is 2.40. The summed E-state index contributed by atoms with van der Waals surface area (Å²) < 4.78 is 20.6. The van der Waals surface area contributed by atoms with Gasteiger partial charge in [-0.3, -0.25) is 0 Å². The molecule has 2 aliphatic rings. The molecule has 4 unspecified atom stereocenters. The maximum atomic E-state index is 14.4. The van der Waals surface area contributed by atoms with Gasteiger partial charge in [-0.1, -0.05) is 44.2 Å². The first-order valence-electron chi connectivity index (χ1n) is 9.45. The summed E-state index contributed by atoms with van der Waals surface area (Å²) in [6, 6.07) is 13.7. The SMILES string of the molecule is CCC(C)c1ccc2c(c1)C1OCCCC1C(c1ccccc1F)N2. The summed E-state index contributed by atoms with van der Waals surface area (Å²) >= 11 is 0. The molecule has 0 aromatic heterocycles. The van der Waals surface area contributed by atoms with Crippen molar-refractivity contribution in [3.05, 3.63) is 65.0 Å². The van der Waals surface area contributed by atoms with E-state index in [0.29, 0.717) is 5.92 Å². The third kappa shape index (κ3) is 2.95. The van der Waals surface area contributed by atoms with Crippen molar-refractivity contribution in [2.45, 2.75) is 51.2 Å². The van der Waals surface area contributed by atoms with E-state index in [4.69, 9.17) is 4.74 Å². The number of nitrogens with one attached hydrogen (secondary N) is 1. The number of rotatable bonds is 3. The van der Waals surface area contributed by atoms with Crippen LogP contribution in [0.3, 0.4) is 0 Å². The van der Waals surface area contributed by atoms with Crippen molar-refractivity contribution in [3.8, 4) is 0 Å². The Kier molecular flexibility index (Phi) is 4.51. The Bertz CT molecular complexity index is 759. The lowest BCUT2D eigenvalue weighted by Crippen LogP contribution is -2.36. The topological polar surface area (TPSA) is 21.3 Å². The van der Waals surface area contributed by atoms with Crippen molar-refractivity contribution < 1.29 is 9.13 Å². The molecular formula is C22H26FNO. The zero-order valence-electron chi connectivity index (χ0n) is 15.0. The average molecular weight is 339 g/mol. The molecule has 4 rings (SSSR count). The number of hydrogen-bond acceptors (Lipinski definition) is 2. The van der Waals surface area contributed by atoms with Gasteiger partial charge >= 0.3 is 0 Å². The van der Waals surface area contributed by atoms with Gasteiger partial charge in [-0.2, -0.15) is 0 Å². The van der Waals surface area contributed by atoms with E-state index in [-0.39, 0.29) is 23.9 Å². The summed E-state index contributed by atoms with van der Waals surface area (Å²) in [4.78, 5) is 0. The smallest absolute Gasteiger partial charge is 0.128 e. The van der Waals surface area contributed by atoms with Gasteiger partial charge in [0, 0.05) is 29.3 Å². The molecule has 0 radical (unpaired) electrons. The molecule has 2 aliphatic heterocycles. The molecule has 1 N–H and O–H groups in total. The maximum absolute atomic E-state index is 14.4. The van der Waals surface area contributed by atoms with Gasteiger partial charge in [0.2, 0.25) is 0 Å². The lowest BCUT2D eigenvalue weighted by atomic mass is 9.76. The first-order valence-corrected chi connectivity index (χ1v) is 9.45. The van der Waals surface area contributed by atoms with Crippen LogP contribution >= 0.6 is 0 Å². The van der Waals surface area contributed by atoms with E-state index >= 15 is 0 Å². The fraction of sp³-hybridized carbons (Fsp3) is 0.455. The largest absolute Gasteiger partial charge is 0.377 e. The van der Waals surface area contributed by atoms with Gasteiger partial charge < -0.3 is 10.1 Å². The van der Waals surface area contributed by atoms with Crippen molar-refractivity contribution in [1.82, 2.24) is 0 Å². The predicted octanol–water partition coefficient (Wildman–Crippen LogP) is 5.97. The monoisotopic (exact) mass is 339 g/mol. The summed E-state index contributed by atoms with van der Waals surface area (Å²) in [6.45, 7) is 5.27. The molecule has 2 aromatic carbocycles. The van der Waals surface area contributed by atoms with Crippen LogP contribution in [-0.4, -0.2) is 6.61 Å². The summed E-state index contributed by atoms with van der Waals surface area (Å²) in [5, 5.41) is 3.62. The van der Waals surface area contributed by atoms with E-state index in [1.165, 1.54) is 11.1 Å². The summed E-state index contributed by atoms with van der Waals surface area (Å²) in [5.74, 6) is 0.672. The Labute approximate surface area is 149 Å². The van der Waals surface area contributed by atoms with Crippen molar-refractivity contribution in [2.75, 3.05) is 11.9 Å². The van der Waals surface area contributed by atoms with Gasteiger partial charge in [0.1, 0.15) is 5.82 Å². The van der Waals surface area contributed by atoms with E-state index in [2.05, 4.69) is 37.4 Å². The first-order chi connectivity index (χ1) is 12.2. The Morgan fingerprint density at radius 1 is 1.20 bits per heavy atom. The van der Waals surface area contributed by atoms with Crippen molar-refractivity contribution in [2.24, 2.45) is 5.92 Å². The molecule has 0 bridgehead atoms. The van der Waals surface area contributed by atoms with Crippen LogP contribution < -0.4 is 5.32 Å². The molecule has 1 fully saturated rings. The minimum absolute atomic E-state index is 0.0338. The summed E-state index contributed by atoms with van der Waals surface area (Å²) in [6.07, 6.45) is 3.27. The first kappa shape index (κ1) is 16.6. The Morgan fingerprint density at radius 2 is 2.04 bits per heavy atom. The molecule has 0 spiro atoms. The highest BCUT2D eigenvalue weighted by molar-refractivity contribution is 5.58. The van der Waals surface area contributed by atoms with Gasteiger partial charge in [0.05, 0.1) is 12.1 Å². The second-order valence-electron chi connectivity index (χ2n) is 7.40. The quantitative estimate of drug-likeness (QED) is 0.743. The summed E-state index contributed by atoms with van der Waals surface area (Å²) in [5.41, 5.74) is 4.44. The molecule has 2 aromatic rings. The highest BCUT2D eigenvalue weighted by Crippen LogP contribution is 2.49. The van der Waals surface area contributed by atoms with Crippen LogP contribution in [-0.2, 0) is 4.74 Å². The standard InChI is InChI=1S/C22H26FNO/c1-3-14(2)15-10-11-20-18(13-15)22-17(8-6-12-25-22)21(24-20)16-7-4-5-9-19(16)23/h4-5,7,9-11,13-14,17,21-22,24H,3,6,8,12H2,1-2H3. The number of benzene rings is 2. The van der Waals surface area contributed by atoms with Gasteiger partial charge in [-0.05, 0) is 42.9 Å². The lowest BCUT2D eigenvalue weighted by molar-refractivity contribution is -0.0384. The Balaban J connectivity index is 1.76. The molecule has 4 atom stereocenters. The minimum Gasteiger partial charge on any atom is -0.377 e. The van der Waals surface area contributed by atoms with Crippen LogP contribution in [0.2, 0.25) is 0 Å². The Hall–Kier alpha value is -1.87. The average Bonchev–Trinajstić information content (AvgIpc) is 2.67. The fourth-order valence-corrected chi connectivity index (χ4v) is 4.27. The van der Waals surface area contributed by atoms with E-state index in [0.717, 1.165) is 37.1 Å². The number of hydrogen-bond donors (Lipinski definition) is 1. The number of halogens is 1. The van der Waals surface area contributed by atoms with E-state index < -0.39 is 0 Å². The van der Waals surface area contributed by atoms with Crippen LogP contribution in [0.5, 0.6) is 0 Å². The normalized spacial score (nSPS) is 26.3. The van der Waals surface area contributed by atoms with Crippen molar-refractivity contribution in [1.29, 1.82) is 0 Å². The predicted molar refractivity (Wildman–Crippen MR) is 99.3 cm³/mol. The van der Waals surface area contributed by atoms with Gasteiger partial charge in [0.15, 0.2) is 0 Å². The second-order valence-corrected chi connectivity index (χ2v) is 7.40. The molecule has 3 heteroatoms. The van der Waals surface area contributed by atoms with E-state index in [1.807, 2.05) is 12.1 Å². The molecule has 1 saturated heterocycles. The van der Waals surface area contributed by atoms with Gasteiger partial charge in [-0.25, -0.2) is 4.39 Å². The van der Waals surface area contributed by atoms with Crippen molar-refractivity contribution in [3.63, 3.8) is 0 Å². The molecule has 2 heterocycles. The highest BCUT2D eigenvalue weighted by atomic mass is 19.1. The van der Waals surface area contributed by atoms with E-state index in [1.54, 1.807) is 12.1 Å². The zero-order valence-corrected chi connectivity index (χ0v) is 15.0. The summed E-state index contributed by atoms with van der Waals surface area (Å²) in [7, 11) is 0. The number of anilines is 1. The maximum Gasteiger partial charge on any atom is 0.128 e. The van der Waals surface area contributed by atoms with Gasteiger partial charge in [-0.15, -0.1) is 0 Å². The molecular weight excluding hydrogens is 313 g/mol. The van der Waals surface area contributed by atoms with Crippen LogP contribution in [0.25, 0.3) is 0 Å². The molecule has 132 valence electrons. The van der Waals surface area contributed by atoms with Crippen LogP contribution in [0.1, 0.15) is 67.9 Å². The van der Waals surface area contributed by atoms with Gasteiger partial charge in [0.25, 0.3) is 0 Å². The third-order valence-electron chi connectivity index (χ3n) is 5.91. The molecule has 0 saturated carbocycles. The minimum atomic E-state index is -0.135. The molecule has 25 heavy (non-hydrogen) atoms. The fourth-order valence-electron chi connectivity index (χ4n) is 4.27. The van der Waals surface area contributed by atoms with E-state index in [9.17, 15) is 4.39 Å². The van der Waals surface area contributed by atoms with Crippen LogP contribution in [0, 0.1) is 11.7 Å². The Morgan fingerprint density at radius 3 is 2.84 bits per heavy atom. The number of ether oxygens (including phenoxy) is 1.